The topological polar surface area (TPSA) is 118 Å². The Labute approximate surface area is 112 Å². The van der Waals surface area contributed by atoms with Gasteiger partial charge in [-0.05, 0) is 18.8 Å². The lowest BCUT2D eigenvalue weighted by molar-refractivity contribution is 0.0944. The number of carbonyl (C=O) groups is 1. The second-order valence-electron chi connectivity index (χ2n) is 4.77. The Hall–Kier alpha value is -1.41. The van der Waals surface area contributed by atoms with E-state index in [-0.39, 0.29) is 10.6 Å². The maximum Gasteiger partial charge on any atom is 0.273 e. The molecule has 0 spiro atoms. The molecular formula is C11H18N4O3S. The van der Waals surface area contributed by atoms with Crippen molar-refractivity contribution in [2.45, 2.75) is 37.5 Å². The largest absolute Gasteiger partial charge is 0.351 e. The summed E-state index contributed by atoms with van der Waals surface area (Å²) in [5, 5.41) is 14.1. The van der Waals surface area contributed by atoms with Gasteiger partial charge in [0, 0.05) is 6.54 Å². The molecule has 1 saturated carbocycles. The monoisotopic (exact) mass is 286 g/mol. The molecule has 1 aliphatic rings. The van der Waals surface area contributed by atoms with E-state index in [1.165, 1.54) is 12.8 Å². The van der Waals surface area contributed by atoms with Gasteiger partial charge in [0.1, 0.15) is 4.90 Å². The fourth-order valence-electron chi connectivity index (χ4n) is 1.95. The Balaban J connectivity index is 2.13. The molecule has 1 aliphatic carbocycles. The predicted molar refractivity (Wildman–Crippen MR) is 69.0 cm³/mol. The number of H-pyrrole nitrogens is 1. The molecule has 0 bridgehead atoms. The molecule has 0 atom stereocenters. The van der Waals surface area contributed by atoms with Crippen molar-refractivity contribution in [3.63, 3.8) is 0 Å². The Morgan fingerprint density at radius 2 is 2.21 bits per heavy atom. The van der Waals surface area contributed by atoms with Gasteiger partial charge >= 0.3 is 0 Å². The van der Waals surface area contributed by atoms with Crippen LogP contribution in [0.1, 0.15) is 42.4 Å². The Morgan fingerprint density at radius 3 is 2.74 bits per heavy atom. The van der Waals surface area contributed by atoms with Crippen molar-refractivity contribution in [1.82, 2.24) is 15.5 Å². The number of aryl methyl sites for hydroxylation is 1. The summed E-state index contributed by atoms with van der Waals surface area (Å²) in [5.74, 6) is 0.198. The molecule has 106 valence electrons. The van der Waals surface area contributed by atoms with Crippen molar-refractivity contribution in [2.75, 3.05) is 6.54 Å². The van der Waals surface area contributed by atoms with E-state index in [4.69, 9.17) is 5.14 Å². The Bertz CT molecular complexity index is 575. The maximum absolute atomic E-state index is 11.9. The normalized spacial score (nSPS) is 15.5. The summed E-state index contributed by atoms with van der Waals surface area (Å²) in [7, 11) is -3.96. The van der Waals surface area contributed by atoms with Crippen LogP contribution in [0, 0.1) is 5.92 Å². The van der Waals surface area contributed by atoms with Crippen LogP contribution in [0.15, 0.2) is 4.90 Å². The highest BCUT2D eigenvalue weighted by Gasteiger charge is 2.27. The van der Waals surface area contributed by atoms with Gasteiger partial charge in [-0.1, -0.05) is 19.8 Å². The highest BCUT2D eigenvalue weighted by molar-refractivity contribution is 7.89. The quantitative estimate of drug-likeness (QED) is 0.689. The van der Waals surface area contributed by atoms with Crippen molar-refractivity contribution in [2.24, 2.45) is 11.1 Å². The van der Waals surface area contributed by atoms with E-state index in [0.29, 0.717) is 24.6 Å². The summed E-state index contributed by atoms with van der Waals surface area (Å²) in [6, 6.07) is 0. The maximum atomic E-state index is 11.9. The van der Waals surface area contributed by atoms with E-state index in [2.05, 4.69) is 15.5 Å². The zero-order valence-electron chi connectivity index (χ0n) is 10.8. The second kappa shape index (κ2) is 5.30. The SMILES string of the molecule is CCc1[nH]nc(C(=O)NCCC2CC2)c1S(N)(=O)=O. The van der Waals surface area contributed by atoms with Gasteiger partial charge in [-0.3, -0.25) is 9.89 Å². The minimum absolute atomic E-state index is 0.143. The summed E-state index contributed by atoms with van der Waals surface area (Å²) in [5.41, 5.74) is 0.213. The molecule has 1 fully saturated rings. The van der Waals surface area contributed by atoms with Gasteiger partial charge in [0.25, 0.3) is 5.91 Å². The molecular weight excluding hydrogens is 268 g/mol. The van der Waals surface area contributed by atoms with Crippen LogP contribution in [0.4, 0.5) is 0 Å². The molecule has 0 saturated heterocycles. The van der Waals surface area contributed by atoms with Crippen LogP contribution < -0.4 is 10.5 Å². The van der Waals surface area contributed by atoms with Crippen molar-refractivity contribution in [3.05, 3.63) is 11.4 Å². The smallest absolute Gasteiger partial charge is 0.273 e. The van der Waals surface area contributed by atoms with Gasteiger partial charge in [0.2, 0.25) is 10.0 Å². The molecule has 0 aliphatic heterocycles. The fourth-order valence-corrected chi connectivity index (χ4v) is 2.89. The van der Waals surface area contributed by atoms with Crippen LogP contribution >= 0.6 is 0 Å². The number of nitrogens with two attached hydrogens (primary N) is 1. The van der Waals surface area contributed by atoms with Crippen molar-refractivity contribution < 1.29 is 13.2 Å². The molecule has 1 amide bonds. The molecule has 7 nitrogen and oxygen atoms in total. The van der Waals surface area contributed by atoms with Crippen LogP contribution in [-0.4, -0.2) is 31.1 Å². The number of carbonyl (C=O) groups excluding carboxylic acids is 1. The summed E-state index contributed by atoms with van der Waals surface area (Å²) in [4.78, 5) is 11.7. The second-order valence-corrected chi connectivity index (χ2v) is 6.26. The minimum Gasteiger partial charge on any atom is -0.351 e. The number of rotatable bonds is 6. The van der Waals surface area contributed by atoms with Crippen LogP contribution in [0.3, 0.4) is 0 Å². The lowest BCUT2D eigenvalue weighted by atomic mass is 10.2. The molecule has 8 heteroatoms. The number of amides is 1. The van der Waals surface area contributed by atoms with E-state index in [1.807, 2.05) is 0 Å². The van der Waals surface area contributed by atoms with E-state index in [0.717, 1.165) is 6.42 Å². The standard InChI is InChI=1S/C11H18N4O3S/c1-2-8-10(19(12,17)18)9(15-14-8)11(16)13-6-5-7-3-4-7/h7H,2-6H2,1H3,(H,13,16)(H,14,15)(H2,12,17,18). The number of aromatic amines is 1. The van der Waals surface area contributed by atoms with Gasteiger partial charge < -0.3 is 5.32 Å². The van der Waals surface area contributed by atoms with Crippen LogP contribution in [0.5, 0.6) is 0 Å². The number of hydrogen-bond acceptors (Lipinski definition) is 4. The summed E-state index contributed by atoms with van der Waals surface area (Å²) < 4.78 is 23.1. The summed E-state index contributed by atoms with van der Waals surface area (Å²) in [6.07, 6.45) is 3.75. The highest BCUT2D eigenvalue weighted by atomic mass is 32.2. The van der Waals surface area contributed by atoms with Gasteiger partial charge in [-0.25, -0.2) is 13.6 Å². The van der Waals surface area contributed by atoms with E-state index < -0.39 is 15.9 Å². The van der Waals surface area contributed by atoms with Crippen LogP contribution in [0.2, 0.25) is 0 Å². The average Bonchev–Trinajstić information content (AvgIpc) is 3.03. The fraction of sp³-hybridized carbons (Fsp3) is 0.636. The number of nitrogens with zero attached hydrogens (tertiary/aromatic N) is 1. The first-order chi connectivity index (χ1) is 8.93. The van der Waals surface area contributed by atoms with Crippen molar-refractivity contribution in [3.8, 4) is 0 Å². The van der Waals surface area contributed by atoms with Crippen molar-refractivity contribution in [1.29, 1.82) is 0 Å². The van der Waals surface area contributed by atoms with E-state index in [1.54, 1.807) is 6.92 Å². The van der Waals surface area contributed by atoms with E-state index >= 15 is 0 Å². The van der Waals surface area contributed by atoms with Crippen LogP contribution in [0.25, 0.3) is 0 Å². The van der Waals surface area contributed by atoms with Gasteiger partial charge in [-0.15, -0.1) is 0 Å². The van der Waals surface area contributed by atoms with Gasteiger partial charge in [0.15, 0.2) is 5.69 Å². The number of aromatic nitrogens is 2. The zero-order valence-corrected chi connectivity index (χ0v) is 11.6. The molecule has 4 N–H and O–H groups in total. The Morgan fingerprint density at radius 1 is 1.53 bits per heavy atom. The molecule has 0 aromatic carbocycles. The first kappa shape index (κ1) is 14.0. The number of nitrogens with one attached hydrogen (secondary N) is 2. The summed E-state index contributed by atoms with van der Waals surface area (Å²) >= 11 is 0. The lowest BCUT2D eigenvalue weighted by Gasteiger charge is -2.04. The van der Waals surface area contributed by atoms with Gasteiger partial charge in [0.05, 0.1) is 5.69 Å². The first-order valence-corrected chi connectivity index (χ1v) is 7.86. The molecule has 19 heavy (non-hydrogen) atoms. The third-order valence-corrected chi connectivity index (χ3v) is 4.19. The van der Waals surface area contributed by atoms with E-state index in [9.17, 15) is 13.2 Å². The minimum atomic E-state index is -3.96. The lowest BCUT2D eigenvalue weighted by Crippen LogP contribution is -2.28. The molecule has 1 aromatic heterocycles. The molecule has 1 aromatic rings. The third-order valence-electron chi connectivity index (χ3n) is 3.18. The number of hydrogen-bond donors (Lipinski definition) is 3. The molecule has 0 radical (unpaired) electrons. The number of sulfonamides is 1. The third kappa shape index (κ3) is 3.32. The number of primary sulfonamides is 1. The molecule has 2 rings (SSSR count). The predicted octanol–water partition coefficient (Wildman–Crippen LogP) is 0.149. The van der Waals surface area contributed by atoms with Gasteiger partial charge in [-0.2, -0.15) is 5.10 Å². The summed E-state index contributed by atoms with van der Waals surface area (Å²) in [6.45, 7) is 2.29. The Kier molecular flexibility index (Phi) is 3.91. The average molecular weight is 286 g/mol. The molecule has 1 heterocycles. The molecule has 0 unspecified atom stereocenters. The van der Waals surface area contributed by atoms with Crippen LogP contribution in [-0.2, 0) is 16.4 Å². The first-order valence-electron chi connectivity index (χ1n) is 6.31. The van der Waals surface area contributed by atoms with Crippen molar-refractivity contribution >= 4 is 15.9 Å². The highest BCUT2D eigenvalue weighted by Crippen LogP contribution is 2.31. The zero-order chi connectivity index (χ0) is 14.0.